The molecule has 0 amide bonds. The lowest BCUT2D eigenvalue weighted by Gasteiger charge is -2.10. The molecule has 122 valence electrons. The van der Waals surface area contributed by atoms with Crippen LogP contribution in [0, 0.1) is 0 Å². The fourth-order valence-corrected chi connectivity index (χ4v) is 2.07. The van der Waals surface area contributed by atoms with Crippen LogP contribution in [0.3, 0.4) is 0 Å². The number of pyridine rings is 1. The number of benzene rings is 1. The van der Waals surface area contributed by atoms with Gasteiger partial charge in [-0.05, 0) is 36.4 Å². The van der Waals surface area contributed by atoms with E-state index in [2.05, 4.69) is 15.0 Å². The molecule has 0 radical (unpaired) electrons. The van der Waals surface area contributed by atoms with Gasteiger partial charge in [-0.1, -0.05) is 6.07 Å². The van der Waals surface area contributed by atoms with Crippen LogP contribution in [0.4, 0.5) is 0 Å². The van der Waals surface area contributed by atoms with Gasteiger partial charge in [-0.15, -0.1) is 0 Å². The second-order valence-corrected chi connectivity index (χ2v) is 4.75. The van der Waals surface area contributed by atoms with E-state index in [9.17, 15) is 4.79 Å². The summed E-state index contributed by atoms with van der Waals surface area (Å²) in [6.07, 6.45) is 1.61. The predicted octanol–water partition coefficient (Wildman–Crippen LogP) is 2.64. The van der Waals surface area contributed by atoms with E-state index in [4.69, 9.17) is 14.2 Å². The van der Waals surface area contributed by atoms with Crippen molar-refractivity contribution in [2.24, 2.45) is 0 Å². The Labute approximate surface area is 137 Å². The van der Waals surface area contributed by atoms with E-state index in [0.29, 0.717) is 23.0 Å². The number of aromatic amines is 1. The van der Waals surface area contributed by atoms with Crippen LogP contribution in [-0.4, -0.2) is 29.2 Å². The van der Waals surface area contributed by atoms with E-state index < -0.39 is 5.56 Å². The first-order valence-corrected chi connectivity index (χ1v) is 7.13. The zero-order valence-electron chi connectivity index (χ0n) is 13.1. The van der Waals surface area contributed by atoms with Gasteiger partial charge in [-0.2, -0.15) is 4.98 Å². The lowest BCUT2D eigenvalue weighted by molar-refractivity contribution is 0.363. The fraction of sp³-hybridized carbons (Fsp3) is 0.118. The number of ether oxygens (including phenoxy) is 3. The first-order valence-electron chi connectivity index (χ1n) is 7.13. The summed E-state index contributed by atoms with van der Waals surface area (Å²) in [4.78, 5) is 23.3. The number of hydrogen-bond acceptors (Lipinski definition) is 6. The van der Waals surface area contributed by atoms with E-state index in [1.165, 1.54) is 7.11 Å². The third-order valence-corrected chi connectivity index (χ3v) is 3.23. The van der Waals surface area contributed by atoms with Gasteiger partial charge in [0.2, 0.25) is 5.75 Å². The summed E-state index contributed by atoms with van der Waals surface area (Å²) < 4.78 is 15.9. The van der Waals surface area contributed by atoms with Crippen molar-refractivity contribution in [1.82, 2.24) is 15.0 Å². The molecule has 24 heavy (non-hydrogen) atoms. The van der Waals surface area contributed by atoms with Crippen LogP contribution in [0.25, 0.3) is 11.5 Å². The molecule has 3 aromatic rings. The molecule has 2 heterocycles. The van der Waals surface area contributed by atoms with Crippen molar-refractivity contribution >= 4 is 0 Å². The summed E-state index contributed by atoms with van der Waals surface area (Å²) >= 11 is 0. The highest BCUT2D eigenvalue weighted by molar-refractivity contribution is 5.51. The van der Waals surface area contributed by atoms with Gasteiger partial charge in [-0.3, -0.25) is 9.78 Å². The van der Waals surface area contributed by atoms with Crippen molar-refractivity contribution in [3.05, 3.63) is 59.0 Å². The van der Waals surface area contributed by atoms with Crippen LogP contribution in [-0.2, 0) is 0 Å². The Bertz CT molecular complexity index is 877. The molecule has 2 aromatic heterocycles. The summed E-state index contributed by atoms with van der Waals surface area (Å²) in [6.45, 7) is 0. The standard InChI is InChI=1S/C17H15N3O4/c1-22-11-6-8-12(9-7-11)24-17-14(23-2)16(21)19-15(20-17)13-5-3-4-10-18-13/h3-10H,1-2H3,(H,19,20,21). The minimum atomic E-state index is -0.448. The summed E-state index contributed by atoms with van der Waals surface area (Å²) in [7, 11) is 2.96. The number of rotatable bonds is 5. The Hall–Kier alpha value is -3.35. The van der Waals surface area contributed by atoms with Crippen LogP contribution >= 0.6 is 0 Å². The minimum absolute atomic E-state index is 0.00880. The second-order valence-electron chi connectivity index (χ2n) is 4.75. The van der Waals surface area contributed by atoms with Crippen molar-refractivity contribution in [3.8, 4) is 34.6 Å². The molecule has 0 unspecified atom stereocenters. The number of nitrogens with one attached hydrogen (secondary N) is 1. The van der Waals surface area contributed by atoms with Crippen molar-refractivity contribution in [1.29, 1.82) is 0 Å². The molecule has 1 aromatic carbocycles. The molecule has 0 aliphatic carbocycles. The Morgan fingerprint density at radius 2 is 1.71 bits per heavy atom. The Morgan fingerprint density at radius 3 is 2.33 bits per heavy atom. The van der Waals surface area contributed by atoms with Crippen LogP contribution in [0.15, 0.2) is 53.5 Å². The predicted molar refractivity (Wildman–Crippen MR) is 87.7 cm³/mol. The third-order valence-electron chi connectivity index (χ3n) is 3.23. The molecule has 0 aliphatic rings. The minimum Gasteiger partial charge on any atom is -0.497 e. The van der Waals surface area contributed by atoms with Gasteiger partial charge in [0, 0.05) is 6.20 Å². The fourth-order valence-electron chi connectivity index (χ4n) is 2.07. The number of aromatic nitrogens is 3. The molecule has 3 rings (SSSR count). The summed E-state index contributed by atoms with van der Waals surface area (Å²) in [5.74, 6) is 1.55. The smallest absolute Gasteiger partial charge is 0.297 e. The molecule has 7 heteroatoms. The highest BCUT2D eigenvalue weighted by atomic mass is 16.5. The maximum absolute atomic E-state index is 12.2. The molecule has 0 spiro atoms. The van der Waals surface area contributed by atoms with Gasteiger partial charge in [0.25, 0.3) is 11.4 Å². The van der Waals surface area contributed by atoms with Gasteiger partial charge < -0.3 is 19.2 Å². The van der Waals surface area contributed by atoms with Crippen molar-refractivity contribution in [3.63, 3.8) is 0 Å². The van der Waals surface area contributed by atoms with Gasteiger partial charge in [-0.25, -0.2) is 0 Å². The molecule has 1 N–H and O–H groups in total. The normalized spacial score (nSPS) is 10.2. The first kappa shape index (κ1) is 15.5. The van der Waals surface area contributed by atoms with Gasteiger partial charge in [0.05, 0.1) is 14.2 Å². The molecule has 0 saturated carbocycles. The van der Waals surface area contributed by atoms with Gasteiger partial charge in [0.1, 0.15) is 17.2 Å². The Kier molecular flexibility index (Phi) is 4.42. The molecular weight excluding hydrogens is 310 g/mol. The maximum Gasteiger partial charge on any atom is 0.297 e. The zero-order valence-corrected chi connectivity index (χ0v) is 13.1. The SMILES string of the molecule is COc1ccc(Oc2nc(-c3ccccn3)[nH]c(=O)c2OC)cc1. The maximum atomic E-state index is 12.2. The van der Waals surface area contributed by atoms with Crippen molar-refractivity contribution < 1.29 is 14.2 Å². The van der Waals surface area contributed by atoms with Crippen LogP contribution in [0.2, 0.25) is 0 Å². The Balaban J connectivity index is 2.01. The van der Waals surface area contributed by atoms with E-state index in [0.717, 1.165) is 0 Å². The Morgan fingerprint density at radius 1 is 0.958 bits per heavy atom. The van der Waals surface area contributed by atoms with Crippen LogP contribution in [0.1, 0.15) is 0 Å². The monoisotopic (exact) mass is 325 g/mol. The number of H-pyrrole nitrogens is 1. The summed E-state index contributed by atoms with van der Waals surface area (Å²) in [6, 6.07) is 12.2. The summed E-state index contributed by atoms with van der Waals surface area (Å²) in [5, 5.41) is 0. The molecule has 0 atom stereocenters. The lowest BCUT2D eigenvalue weighted by atomic mass is 10.3. The first-order chi connectivity index (χ1) is 11.7. The van der Waals surface area contributed by atoms with E-state index in [1.54, 1.807) is 55.8 Å². The highest BCUT2D eigenvalue weighted by Gasteiger charge is 2.16. The second kappa shape index (κ2) is 6.82. The summed E-state index contributed by atoms with van der Waals surface area (Å²) in [5.41, 5.74) is 0.0773. The average Bonchev–Trinajstić information content (AvgIpc) is 2.63. The van der Waals surface area contributed by atoms with E-state index in [1.807, 2.05) is 0 Å². The lowest BCUT2D eigenvalue weighted by Crippen LogP contribution is -2.13. The highest BCUT2D eigenvalue weighted by Crippen LogP contribution is 2.28. The number of nitrogens with zero attached hydrogens (tertiary/aromatic N) is 2. The zero-order chi connectivity index (χ0) is 16.9. The van der Waals surface area contributed by atoms with Gasteiger partial charge >= 0.3 is 0 Å². The molecule has 0 aliphatic heterocycles. The number of hydrogen-bond donors (Lipinski definition) is 1. The van der Waals surface area contributed by atoms with E-state index in [-0.39, 0.29) is 11.6 Å². The molecule has 0 bridgehead atoms. The molecule has 7 nitrogen and oxygen atoms in total. The quantitative estimate of drug-likeness (QED) is 0.776. The molecule has 0 fully saturated rings. The molecular formula is C17H15N3O4. The largest absolute Gasteiger partial charge is 0.497 e. The average molecular weight is 325 g/mol. The van der Waals surface area contributed by atoms with Crippen LogP contribution < -0.4 is 19.8 Å². The molecule has 0 saturated heterocycles. The number of methoxy groups -OCH3 is 2. The van der Waals surface area contributed by atoms with E-state index >= 15 is 0 Å². The van der Waals surface area contributed by atoms with Crippen LogP contribution in [0.5, 0.6) is 23.1 Å². The third kappa shape index (κ3) is 3.19. The topological polar surface area (TPSA) is 86.3 Å². The van der Waals surface area contributed by atoms with Crippen molar-refractivity contribution in [2.75, 3.05) is 14.2 Å². The van der Waals surface area contributed by atoms with Crippen molar-refractivity contribution in [2.45, 2.75) is 0 Å². The van der Waals surface area contributed by atoms with Gasteiger partial charge in [0.15, 0.2) is 5.82 Å².